The van der Waals surface area contributed by atoms with Crippen LogP contribution in [0.25, 0.3) is 0 Å². The molecule has 2 fully saturated rings. The summed E-state index contributed by atoms with van der Waals surface area (Å²) in [5.74, 6) is 1.68. The van der Waals surface area contributed by atoms with Gasteiger partial charge in [0, 0.05) is 18.6 Å². The van der Waals surface area contributed by atoms with Gasteiger partial charge >= 0.3 is 0 Å². The van der Waals surface area contributed by atoms with Crippen LogP contribution in [0.1, 0.15) is 59.3 Å². The average Bonchev–Trinajstić information content (AvgIpc) is 3.26. The predicted molar refractivity (Wildman–Crippen MR) is 90.8 cm³/mol. The molecule has 0 aromatic rings. The van der Waals surface area contributed by atoms with E-state index in [-0.39, 0.29) is 0 Å². The summed E-state index contributed by atoms with van der Waals surface area (Å²) in [6, 6.07) is 1.25. The van der Waals surface area contributed by atoms with Crippen LogP contribution in [-0.4, -0.2) is 49.1 Å². The van der Waals surface area contributed by atoms with Crippen molar-refractivity contribution in [3.63, 3.8) is 0 Å². The molecule has 0 spiro atoms. The van der Waals surface area contributed by atoms with Gasteiger partial charge in [0.15, 0.2) is 5.96 Å². The molecule has 1 unspecified atom stereocenters. The Bertz CT molecular complexity index is 315. The van der Waals surface area contributed by atoms with Crippen LogP contribution in [0, 0.1) is 5.92 Å². The van der Waals surface area contributed by atoms with E-state index in [0.29, 0.717) is 18.0 Å². The summed E-state index contributed by atoms with van der Waals surface area (Å²) in [5, 5.41) is 6.91. The molecule has 1 saturated carbocycles. The van der Waals surface area contributed by atoms with Crippen molar-refractivity contribution in [3.8, 4) is 0 Å². The number of likely N-dealkylation sites (tertiary alicyclic amines) is 1. The minimum Gasteiger partial charge on any atom is -0.357 e. The molecule has 2 aliphatic rings. The maximum Gasteiger partial charge on any atom is 0.191 e. The number of hydrogen-bond acceptors (Lipinski definition) is 2. The van der Waals surface area contributed by atoms with Crippen LogP contribution in [0.2, 0.25) is 0 Å². The zero-order valence-corrected chi connectivity index (χ0v) is 14.2. The molecule has 0 radical (unpaired) electrons. The number of nitrogens with one attached hydrogen (secondary N) is 2. The van der Waals surface area contributed by atoms with E-state index in [0.717, 1.165) is 19.0 Å². The lowest BCUT2D eigenvalue weighted by molar-refractivity contribution is 0.166. The fourth-order valence-electron chi connectivity index (χ4n) is 3.10. The van der Waals surface area contributed by atoms with Crippen LogP contribution in [0.4, 0.5) is 0 Å². The molecule has 0 aromatic heterocycles. The SMILES string of the molecule is CCNC(=NCC(C(C)C)N1CCCCCC1)NC1CC1. The molecule has 1 atom stereocenters. The second kappa shape index (κ2) is 8.62. The lowest BCUT2D eigenvalue weighted by atomic mass is 10.0. The standard InChI is InChI=1S/C17H34N4/c1-4-18-17(20-15-9-10-15)19-13-16(14(2)3)21-11-7-5-6-8-12-21/h14-16H,4-13H2,1-3H3,(H2,18,19,20). The Morgan fingerprint density at radius 3 is 2.33 bits per heavy atom. The summed E-state index contributed by atoms with van der Waals surface area (Å²) in [5.41, 5.74) is 0. The molecule has 1 heterocycles. The molecule has 4 nitrogen and oxygen atoms in total. The van der Waals surface area contributed by atoms with E-state index < -0.39 is 0 Å². The molecule has 0 bridgehead atoms. The summed E-state index contributed by atoms with van der Waals surface area (Å²) >= 11 is 0. The summed E-state index contributed by atoms with van der Waals surface area (Å²) in [6.45, 7) is 11.2. The first-order valence-corrected chi connectivity index (χ1v) is 8.99. The van der Waals surface area contributed by atoms with E-state index in [1.165, 1.54) is 51.6 Å². The molecule has 1 aliphatic carbocycles. The first-order valence-electron chi connectivity index (χ1n) is 8.99. The fraction of sp³-hybridized carbons (Fsp3) is 0.941. The fourth-order valence-corrected chi connectivity index (χ4v) is 3.10. The van der Waals surface area contributed by atoms with E-state index >= 15 is 0 Å². The second-order valence-corrected chi connectivity index (χ2v) is 6.90. The molecule has 0 amide bonds. The highest BCUT2D eigenvalue weighted by atomic mass is 15.2. The van der Waals surface area contributed by atoms with E-state index in [4.69, 9.17) is 4.99 Å². The average molecular weight is 294 g/mol. The number of aliphatic imine (C=N–C) groups is 1. The van der Waals surface area contributed by atoms with Gasteiger partial charge in [0.2, 0.25) is 0 Å². The summed E-state index contributed by atoms with van der Waals surface area (Å²) in [7, 11) is 0. The molecule has 4 heteroatoms. The van der Waals surface area contributed by atoms with Gasteiger partial charge in [-0.15, -0.1) is 0 Å². The van der Waals surface area contributed by atoms with Crippen molar-refractivity contribution in [2.75, 3.05) is 26.2 Å². The quantitative estimate of drug-likeness (QED) is 0.584. The van der Waals surface area contributed by atoms with Gasteiger partial charge in [-0.2, -0.15) is 0 Å². The van der Waals surface area contributed by atoms with Gasteiger partial charge in [-0.05, 0) is 51.6 Å². The third-order valence-electron chi connectivity index (χ3n) is 4.58. The van der Waals surface area contributed by atoms with Crippen molar-refractivity contribution >= 4 is 5.96 Å². The van der Waals surface area contributed by atoms with Crippen molar-refractivity contribution in [3.05, 3.63) is 0 Å². The molecule has 21 heavy (non-hydrogen) atoms. The van der Waals surface area contributed by atoms with Crippen molar-refractivity contribution < 1.29 is 0 Å². The highest BCUT2D eigenvalue weighted by Crippen LogP contribution is 2.19. The van der Waals surface area contributed by atoms with E-state index in [2.05, 4.69) is 36.3 Å². The van der Waals surface area contributed by atoms with Crippen molar-refractivity contribution in [1.29, 1.82) is 0 Å². The number of hydrogen-bond donors (Lipinski definition) is 2. The van der Waals surface area contributed by atoms with E-state index in [1.807, 2.05) is 0 Å². The first-order chi connectivity index (χ1) is 10.2. The Balaban J connectivity index is 1.92. The maximum absolute atomic E-state index is 4.87. The largest absolute Gasteiger partial charge is 0.357 e. The van der Waals surface area contributed by atoms with Crippen LogP contribution >= 0.6 is 0 Å². The zero-order chi connectivity index (χ0) is 15.1. The molecule has 1 aliphatic heterocycles. The van der Waals surface area contributed by atoms with Crippen LogP contribution in [-0.2, 0) is 0 Å². The Morgan fingerprint density at radius 2 is 1.81 bits per heavy atom. The van der Waals surface area contributed by atoms with Gasteiger partial charge in [-0.25, -0.2) is 0 Å². The lowest BCUT2D eigenvalue weighted by Crippen LogP contribution is -2.44. The van der Waals surface area contributed by atoms with E-state index in [9.17, 15) is 0 Å². The van der Waals surface area contributed by atoms with Crippen LogP contribution in [0.15, 0.2) is 4.99 Å². The normalized spacial score (nSPS) is 23.0. The zero-order valence-electron chi connectivity index (χ0n) is 14.2. The monoisotopic (exact) mass is 294 g/mol. The molecule has 2 rings (SSSR count). The number of guanidine groups is 1. The molecular formula is C17H34N4. The lowest BCUT2D eigenvalue weighted by Gasteiger charge is -2.32. The Labute approximate surface area is 130 Å². The summed E-state index contributed by atoms with van der Waals surface area (Å²) in [4.78, 5) is 7.56. The summed E-state index contributed by atoms with van der Waals surface area (Å²) in [6.07, 6.45) is 8.10. The van der Waals surface area contributed by atoms with Gasteiger partial charge in [-0.3, -0.25) is 9.89 Å². The number of rotatable bonds is 6. The smallest absolute Gasteiger partial charge is 0.191 e. The molecule has 0 aromatic carbocycles. The first kappa shape index (κ1) is 16.6. The predicted octanol–water partition coefficient (Wildman–Crippen LogP) is 2.60. The highest BCUT2D eigenvalue weighted by molar-refractivity contribution is 5.80. The Kier molecular flexibility index (Phi) is 6.81. The minimum absolute atomic E-state index is 0.581. The van der Waals surface area contributed by atoms with Gasteiger partial charge in [-0.1, -0.05) is 26.7 Å². The second-order valence-electron chi connectivity index (χ2n) is 6.90. The van der Waals surface area contributed by atoms with Gasteiger partial charge < -0.3 is 10.6 Å². The Hall–Kier alpha value is -0.770. The van der Waals surface area contributed by atoms with Crippen molar-refractivity contribution in [1.82, 2.24) is 15.5 Å². The van der Waals surface area contributed by atoms with Gasteiger partial charge in [0.1, 0.15) is 0 Å². The summed E-state index contributed by atoms with van der Waals surface area (Å²) < 4.78 is 0. The van der Waals surface area contributed by atoms with Crippen LogP contribution in [0.5, 0.6) is 0 Å². The van der Waals surface area contributed by atoms with Crippen LogP contribution in [0.3, 0.4) is 0 Å². The maximum atomic E-state index is 4.87. The topological polar surface area (TPSA) is 39.7 Å². The molecule has 122 valence electrons. The van der Waals surface area contributed by atoms with E-state index in [1.54, 1.807) is 0 Å². The van der Waals surface area contributed by atoms with Crippen LogP contribution < -0.4 is 10.6 Å². The van der Waals surface area contributed by atoms with Crippen molar-refractivity contribution in [2.45, 2.75) is 71.4 Å². The van der Waals surface area contributed by atoms with Crippen molar-refractivity contribution in [2.24, 2.45) is 10.9 Å². The Morgan fingerprint density at radius 1 is 1.14 bits per heavy atom. The van der Waals surface area contributed by atoms with Gasteiger partial charge in [0.25, 0.3) is 0 Å². The molecule has 2 N–H and O–H groups in total. The minimum atomic E-state index is 0.581. The number of nitrogens with zero attached hydrogens (tertiary/aromatic N) is 2. The van der Waals surface area contributed by atoms with Gasteiger partial charge in [0.05, 0.1) is 6.54 Å². The third kappa shape index (κ3) is 5.85. The molecular weight excluding hydrogens is 260 g/mol. The highest BCUT2D eigenvalue weighted by Gasteiger charge is 2.24. The third-order valence-corrected chi connectivity index (χ3v) is 4.58. The molecule has 1 saturated heterocycles.